The quantitative estimate of drug-likeness (QED) is 0.851. The fourth-order valence-corrected chi connectivity index (χ4v) is 3.55. The molecule has 0 spiro atoms. The molecule has 1 aliphatic heterocycles. The van der Waals surface area contributed by atoms with Crippen molar-refractivity contribution in [1.82, 2.24) is 9.55 Å². The summed E-state index contributed by atoms with van der Waals surface area (Å²) in [6.45, 7) is 0.541. The lowest BCUT2D eigenvalue weighted by Crippen LogP contribution is -2.33. The van der Waals surface area contributed by atoms with Crippen molar-refractivity contribution < 1.29 is 0 Å². The monoisotopic (exact) mass is 275 g/mol. The number of fused-ring (bicyclic) bond motifs is 1. The van der Waals surface area contributed by atoms with E-state index in [4.69, 9.17) is 5.73 Å². The van der Waals surface area contributed by atoms with Gasteiger partial charge in [0.15, 0.2) is 0 Å². The third-order valence-corrected chi connectivity index (χ3v) is 4.45. The zero-order valence-corrected chi connectivity index (χ0v) is 10.9. The first-order valence-corrected chi connectivity index (χ1v) is 6.85. The average molecular weight is 275 g/mol. The van der Waals surface area contributed by atoms with Crippen LogP contribution in [0.15, 0.2) is 44.9 Å². The smallest absolute Gasteiger partial charge is 0.328 e. The second-order valence-electron chi connectivity index (χ2n) is 4.55. The number of aromatic nitrogens is 2. The predicted molar refractivity (Wildman–Crippen MR) is 75.5 cm³/mol. The molecule has 0 radical (unpaired) electrons. The molecule has 19 heavy (non-hydrogen) atoms. The van der Waals surface area contributed by atoms with E-state index in [1.807, 2.05) is 12.1 Å². The van der Waals surface area contributed by atoms with Crippen LogP contribution in [0, 0.1) is 0 Å². The van der Waals surface area contributed by atoms with Gasteiger partial charge in [-0.25, -0.2) is 4.79 Å². The highest BCUT2D eigenvalue weighted by Crippen LogP contribution is 2.37. The summed E-state index contributed by atoms with van der Waals surface area (Å²) in [4.78, 5) is 26.4. The third kappa shape index (κ3) is 2.31. The predicted octanol–water partition coefficient (Wildman–Crippen LogP) is 0.836. The van der Waals surface area contributed by atoms with Crippen molar-refractivity contribution in [3.05, 3.63) is 56.9 Å². The minimum Gasteiger partial charge on any atom is -0.393 e. The molecule has 98 valence electrons. The van der Waals surface area contributed by atoms with Crippen molar-refractivity contribution in [3.63, 3.8) is 0 Å². The lowest BCUT2D eigenvalue weighted by Gasteiger charge is -2.10. The normalized spacial score (nSPS) is 17.4. The van der Waals surface area contributed by atoms with Crippen molar-refractivity contribution in [2.24, 2.45) is 0 Å². The van der Waals surface area contributed by atoms with Crippen molar-refractivity contribution in [3.8, 4) is 0 Å². The molecular formula is C13H13N3O2S. The Labute approximate surface area is 113 Å². The van der Waals surface area contributed by atoms with E-state index in [1.165, 1.54) is 21.2 Å². The molecule has 0 bridgehead atoms. The first-order valence-electron chi connectivity index (χ1n) is 5.97. The van der Waals surface area contributed by atoms with Crippen LogP contribution in [-0.2, 0) is 13.0 Å². The molecule has 0 saturated carbocycles. The van der Waals surface area contributed by atoms with E-state index in [0.717, 1.165) is 6.42 Å². The summed E-state index contributed by atoms with van der Waals surface area (Å²) in [6.07, 6.45) is 2.34. The maximum Gasteiger partial charge on any atom is 0.328 e. The Kier molecular flexibility index (Phi) is 2.94. The summed E-state index contributed by atoms with van der Waals surface area (Å²) in [6, 6.07) is 8.22. The topological polar surface area (TPSA) is 80.9 Å². The van der Waals surface area contributed by atoms with E-state index in [2.05, 4.69) is 17.1 Å². The van der Waals surface area contributed by atoms with Crippen LogP contribution >= 0.6 is 11.8 Å². The van der Waals surface area contributed by atoms with Gasteiger partial charge < -0.3 is 5.73 Å². The second-order valence-corrected chi connectivity index (χ2v) is 5.89. The van der Waals surface area contributed by atoms with Gasteiger partial charge in [-0.2, -0.15) is 0 Å². The molecule has 0 amide bonds. The standard InChI is InChI=1S/C13H13N3O2S/c14-10-7-16(13(18)15-12(10)17)6-9-5-8-3-1-2-4-11(8)19-9/h1-4,7,9H,5-6,14H2,(H,15,17,18). The Hall–Kier alpha value is -1.95. The van der Waals surface area contributed by atoms with E-state index in [1.54, 1.807) is 11.8 Å². The van der Waals surface area contributed by atoms with Gasteiger partial charge in [-0.3, -0.25) is 14.3 Å². The molecular weight excluding hydrogens is 262 g/mol. The lowest BCUT2D eigenvalue weighted by atomic mass is 10.1. The Bertz CT molecular complexity index is 710. The van der Waals surface area contributed by atoms with Gasteiger partial charge in [0.25, 0.3) is 5.56 Å². The highest BCUT2D eigenvalue weighted by molar-refractivity contribution is 8.00. The van der Waals surface area contributed by atoms with Crippen LogP contribution in [-0.4, -0.2) is 14.8 Å². The van der Waals surface area contributed by atoms with Gasteiger partial charge in [0.1, 0.15) is 5.69 Å². The number of nitrogens with zero attached hydrogens (tertiary/aromatic N) is 1. The molecule has 0 fully saturated rings. The summed E-state index contributed by atoms with van der Waals surface area (Å²) < 4.78 is 1.47. The molecule has 1 aliphatic rings. The van der Waals surface area contributed by atoms with E-state index in [0.29, 0.717) is 11.8 Å². The zero-order chi connectivity index (χ0) is 13.4. The molecule has 6 heteroatoms. The number of rotatable bonds is 2. The number of aromatic amines is 1. The number of H-pyrrole nitrogens is 1. The van der Waals surface area contributed by atoms with Crippen molar-refractivity contribution in [2.45, 2.75) is 23.1 Å². The molecule has 1 aromatic carbocycles. The number of nitrogen functional groups attached to an aromatic ring is 1. The fourth-order valence-electron chi connectivity index (χ4n) is 2.24. The number of hydrogen-bond acceptors (Lipinski definition) is 4. The number of hydrogen-bond donors (Lipinski definition) is 2. The van der Waals surface area contributed by atoms with Gasteiger partial charge in [-0.05, 0) is 18.1 Å². The maximum absolute atomic E-state index is 11.7. The van der Waals surface area contributed by atoms with E-state index < -0.39 is 11.2 Å². The molecule has 1 unspecified atom stereocenters. The first-order chi connectivity index (χ1) is 9.13. The average Bonchev–Trinajstić information content (AvgIpc) is 2.78. The van der Waals surface area contributed by atoms with Crippen LogP contribution in [0.2, 0.25) is 0 Å². The highest BCUT2D eigenvalue weighted by atomic mass is 32.2. The summed E-state index contributed by atoms with van der Waals surface area (Å²) in [5.41, 5.74) is 5.98. The van der Waals surface area contributed by atoms with Gasteiger partial charge in [-0.1, -0.05) is 18.2 Å². The number of nitrogens with two attached hydrogens (primary N) is 1. The SMILES string of the molecule is Nc1cn(CC2Cc3ccccc3S2)c(=O)[nH]c1=O. The zero-order valence-electron chi connectivity index (χ0n) is 10.1. The molecule has 0 saturated heterocycles. The van der Waals surface area contributed by atoms with Gasteiger partial charge in [0.05, 0.1) is 0 Å². The third-order valence-electron chi connectivity index (χ3n) is 3.15. The van der Waals surface area contributed by atoms with Crippen LogP contribution in [0.4, 0.5) is 5.69 Å². The molecule has 0 aliphatic carbocycles. The number of anilines is 1. The highest BCUT2D eigenvalue weighted by Gasteiger charge is 2.22. The summed E-state index contributed by atoms with van der Waals surface area (Å²) >= 11 is 1.76. The molecule has 3 rings (SSSR count). The van der Waals surface area contributed by atoms with Crippen LogP contribution in [0.25, 0.3) is 0 Å². The minimum absolute atomic E-state index is 0.0695. The van der Waals surface area contributed by atoms with E-state index in [-0.39, 0.29) is 5.69 Å². The van der Waals surface area contributed by atoms with Crippen LogP contribution in [0.1, 0.15) is 5.56 Å². The lowest BCUT2D eigenvalue weighted by molar-refractivity contribution is 0.624. The Morgan fingerprint density at radius 3 is 2.95 bits per heavy atom. The molecule has 3 N–H and O–H groups in total. The van der Waals surface area contributed by atoms with Gasteiger partial charge in [0, 0.05) is 22.9 Å². The van der Waals surface area contributed by atoms with E-state index >= 15 is 0 Å². The number of benzene rings is 1. The Morgan fingerprint density at radius 2 is 2.16 bits per heavy atom. The van der Waals surface area contributed by atoms with Gasteiger partial charge in [-0.15, -0.1) is 11.8 Å². The van der Waals surface area contributed by atoms with Crippen LogP contribution in [0.5, 0.6) is 0 Å². The Balaban J connectivity index is 1.83. The fraction of sp³-hybridized carbons (Fsp3) is 0.231. The number of nitrogens with one attached hydrogen (secondary N) is 1. The second kappa shape index (κ2) is 4.62. The minimum atomic E-state index is -0.524. The first kappa shape index (κ1) is 12.1. The summed E-state index contributed by atoms with van der Waals surface area (Å²) in [5, 5.41) is 0.292. The molecule has 1 aromatic heterocycles. The van der Waals surface area contributed by atoms with Gasteiger partial charge in [0.2, 0.25) is 0 Å². The van der Waals surface area contributed by atoms with Gasteiger partial charge >= 0.3 is 5.69 Å². The number of thioether (sulfide) groups is 1. The largest absolute Gasteiger partial charge is 0.393 e. The van der Waals surface area contributed by atoms with Crippen molar-refractivity contribution >= 4 is 17.4 Å². The van der Waals surface area contributed by atoms with Crippen molar-refractivity contribution in [1.29, 1.82) is 0 Å². The van der Waals surface area contributed by atoms with Crippen molar-refractivity contribution in [2.75, 3.05) is 5.73 Å². The Morgan fingerprint density at radius 1 is 1.37 bits per heavy atom. The molecule has 2 aromatic rings. The van der Waals surface area contributed by atoms with Crippen LogP contribution < -0.4 is 17.0 Å². The van der Waals surface area contributed by atoms with Crippen LogP contribution in [0.3, 0.4) is 0 Å². The summed E-state index contributed by atoms with van der Waals surface area (Å²) in [5.74, 6) is 0. The maximum atomic E-state index is 11.7. The molecule has 2 heterocycles. The summed E-state index contributed by atoms with van der Waals surface area (Å²) in [7, 11) is 0. The molecule has 5 nitrogen and oxygen atoms in total. The molecule has 1 atom stereocenters. The van der Waals surface area contributed by atoms with E-state index in [9.17, 15) is 9.59 Å².